The molecule has 0 bridgehead atoms. The molecule has 0 radical (unpaired) electrons. The van der Waals surface area contributed by atoms with Crippen LogP contribution in [0.1, 0.15) is 32.6 Å². The lowest BCUT2D eigenvalue weighted by atomic mass is 9.76. The molecule has 0 amide bonds. The second-order valence-electron chi connectivity index (χ2n) is 4.70. The Morgan fingerprint density at radius 1 is 0.933 bits per heavy atom. The second-order valence-corrected chi connectivity index (χ2v) is 4.70. The van der Waals surface area contributed by atoms with E-state index in [4.69, 9.17) is 0 Å². The predicted molar refractivity (Wildman–Crippen MR) is 66.2 cm³/mol. The maximum atomic E-state index is 3.49. The molecule has 1 aliphatic rings. The highest BCUT2D eigenvalue weighted by Crippen LogP contribution is 2.28. The smallest absolute Gasteiger partial charge is 0.0122 e. The van der Waals surface area contributed by atoms with E-state index in [2.05, 4.69) is 44.0 Å². The van der Waals surface area contributed by atoms with Gasteiger partial charge < -0.3 is 16.0 Å². The highest BCUT2D eigenvalue weighted by molar-refractivity contribution is 4.94. The Bertz CT molecular complexity index is 158. The van der Waals surface area contributed by atoms with Gasteiger partial charge in [0.15, 0.2) is 0 Å². The van der Waals surface area contributed by atoms with Gasteiger partial charge in [-0.3, -0.25) is 0 Å². The summed E-state index contributed by atoms with van der Waals surface area (Å²) in [6, 6.07) is 1.98. The van der Waals surface area contributed by atoms with Crippen LogP contribution in [0.5, 0.6) is 0 Å². The Labute approximate surface area is 94.4 Å². The van der Waals surface area contributed by atoms with Gasteiger partial charge in [0.25, 0.3) is 0 Å². The van der Waals surface area contributed by atoms with Crippen molar-refractivity contribution in [2.24, 2.45) is 5.92 Å². The standard InChI is InChI=1S/C12H27N3/c1-5-6-10-11(14-3)7-9(13-2)8-12(10)15-4/h9-15H,5-8H2,1-4H3. The molecule has 15 heavy (non-hydrogen) atoms. The van der Waals surface area contributed by atoms with Crippen LogP contribution < -0.4 is 16.0 Å². The topological polar surface area (TPSA) is 36.1 Å². The molecule has 0 heterocycles. The molecule has 0 saturated heterocycles. The summed E-state index contributed by atoms with van der Waals surface area (Å²) in [7, 11) is 6.26. The van der Waals surface area contributed by atoms with Gasteiger partial charge in [0.05, 0.1) is 0 Å². The SMILES string of the molecule is CCCC1C(NC)CC(NC)CC1NC. The van der Waals surface area contributed by atoms with Crippen LogP contribution >= 0.6 is 0 Å². The molecule has 90 valence electrons. The fourth-order valence-corrected chi connectivity index (χ4v) is 2.97. The fraction of sp³-hybridized carbons (Fsp3) is 1.00. The van der Waals surface area contributed by atoms with Crippen molar-refractivity contribution in [3.8, 4) is 0 Å². The molecule has 1 fully saturated rings. The Morgan fingerprint density at radius 3 is 1.80 bits per heavy atom. The summed E-state index contributed by atoms with van der Waals surface area (Å²) < 4.78 is 0. The van der Waals surface area contributed by atoms with E-state index < -0.39 is 0 Å². The molecule has 3 heteroatoms. The Morgan fingerprint density at radius 2 is 1.47 bits per heavy atom. The molecule has 0 spiro atoms. The van der Waals surface area contributed by atoms with Gasteiger partial charge in [0.2, 0.25) is 0 Å². The van der Waals surface area contributed by atoms with Gasteiger partial charge in [-0.1, -0.05) is 13.3 Å². The van der Waals surface area contributed by atoms with Crippen molar-refractivity contribution in [3.63, 3.8) is 0 Å². The van der Waals surface area contributed by atoms with Crippen LogP contribution in [-0.4, -0.2) is 39.3 Å². The number of hydrogen-bond donors (Lipinski definition) is 3. The Balaban J connectivity index is 2.64. The maximum Gasteiger partial charge on any atom is 0.0122 e. The predicted octanol–water partition coefficient (Wildman–Crippen LogP) is 0.961. The molecule has 1 aliphatic carbocycles. The van der Waals surface area contributed by atoms with Crippen LogP contribution in [0.4, 0.5) is 0 Å². The third-order valence-electron chi connectivity index (χ3n) is 3.88. The first kappa shape index (κ1) is 12.9. The molecule has 1 rings (SSSR count). The molecular formula is C12H27N3. The van der Waals surface area contributed by atoms with E-state index in [1.807, 2.05) is 0 Å². The molecule has 3 N–H and O–H groups in total. The second kappa shape index (κ2) is 6.46. The van der Waals surface area contributed by atoms with Crippen molar-refractivity contribution in [3.05, 3.63) is 0 Å². The zero-order valence-corrected chi connectivity index (χ0v) is 10.6. The summed E-state index contributed by atoms with van der Waals surface area (Å²) in [6.07, 6.45) is 5.13. The van der Waals surface area contributed by atoms with Crippen molar-refractivity contribution >= 4 is 0 Å². The largest absolute Gasteiger partial charge is 0.317 e. The van der Waals surface area contributed by atoms with Crippen LogP contribution in [-0.2, 0) is 0 Å². The third kappa shape index (κ3) is 3.16. The molecule has 0 aliphatic heterocycles. The number of hydrogen-bond acceptors (Lipinski definition) is 3. The van der Waals surface area contributed by atoms with E-state index in [-0.39, 0.29) is 0 Å². The molecule has 2 unspecified atom stereocenters. The fourth-order valence-electron chi connectivity index (χ4n) is 2.97. The van der Waals surface area contributed by atoms with Crippen LogP contribution in [0.25, 0.3) is 0 Å². The highest BCUT2D eigenvalue weighted by Gasteiger charge is 2.34. The van der Waals surface area contributed by atoms with Crippen LogP contribution in [0, 0.1) is 5.92 Å². The molecular weight excluding hydrogens is 186 g/mol. The van der Waals surface area contributed by atoms with E-state index >= 15 is 0 Å². The Kier molecular flexibility index (Phi) is 5.58. The van der Waals surface area contributed by atoms with E-state index in [9.17, 15) is 0 Å². The van der Waals surface area contributed by atoms with Crippen molar-refractivity contribution in [1.82, 2.24) is 16.0 Å². The molecule has 0 aromatic heterocycles. The summed E-state index contributed by atoms with van der Waals surface area (Å²) in [4.78, 5) is 0. The number of rotatable bonds is 5. The van der Waals surface area contributed by atoms with Crippen molar-refractivity contribution in [1.29, 1.82) is 0 Å². The third-order valence-corrected chi connectivity index (χ3v) is 3.88. The van der Waals surface area contributed by atoms with Crippen molar-refractivity contribution < 1.29 is 0 Å². The minimum Gasteiger partial charge on any atom is -0.317 e. The summed E-state index contributed by atoms with van der Waals surface area (Å²) in [5.41, 5.74) is 0. The molecule has 1 saturated carbocycles. The zero-order chi connectivity index (χ0) is 11.3. The maximum absolute atomic E-state index is 3.49. The average molecular weight is 213 g/mol. The molecule has 0 aromatic carbocycles. The van der Waals surface area contributed by atoms with Gasteiger partial charge in [0, 0.05) is 18.1 Å². The minimum absolute atomic E-state index is 0.660. The first-order valence-electron chi connectivity index (χ1n) is 6.28. The molecule has 0 aromatic rings. The molecule has 2 atom stereocenters. The quantitative estimate of drug-likeness (QED) is 0.637. The highest BCUT2D eigenvalue weighted by atomic mass is 15.0. The molecule has 3 nitrogen and oxygen atoms in total. The summed E-state index contributed by atoms with van der Waals surface area (Å²) >= 11 is 0. The first-order valence-corrected chi connectivity index (χ1v) is 6.28. The minimum atomic E-state index is 0.660. The monoisotopic (exact) mass is 213 g/mol. The van der Waals surface area contributed by atoms with E-state index in [1.54, 1.807) is 0 Å². The van der Waals surface area contributed by atoms with Crippen LogP contribution in [0.15, 0.2) is 0 Å². The van der Waals surface area contributed by atoms with Gasteiger partial charge in [-0.2, -0.15) is 0 Å². The average Bonchev–Trinajstić information content (AvgIpc) is 2.29. The summed E-state index contributed by atoms with van der Waals surface area (Å²) in [5.74, 6) is 0.787. The van der Waals surface area contributed by atoms with E-state index in [0.29, 0.717) is 18.1 Å². The normalized spacial score (nSPS) is 36.8. The van der Waals surface area contributed by atoms with Crippen molar-refractivity contribution in [2.75, 3.05) is 21.1 Å². The van der Waals surface area contributed by atoms with Gasteiger partial charge >= 0.3 is 0 Å². The van der Waals surface area contributed by atoms with Crippen molar-refractivity contribution in [2.45, 2.75) is 50.7 Å². The van der Waals surface area contributed by atoms with Crippen LogP contribution in [0.2, 0.25) is 0 Å². The van der Waals surface area contributed by atoms with Gasteiger partial charge in [0.1, 0.15) is 0 Å². The summed E-state index contributed by atoms with van der Waals surface area (Å²) in [5, 5.41) is 10.4. The van der Waals surface area contributed by atoms with Gasteiger partial charge in [-0.25, -0.2) is 0 Å². The lowest BCUT2D eigenvalue weighted by Crippen LogP contribution is -2.55. The lowest BCUT2D eigenvalue weighted by molar-refractivity contribution is 0.173. The van der Waals surface area contributed by atoms with Crippen LogP contribution in [0.3, 0.4) is 0 Å². The summed E-state index contributed by atoms with van der Waals surface area (Å²) in [6.45, 7) is 2.28. The van der Waals surface area contributed by atoms with Gasteiger partial charge in [-0.15, -0.1) is 0 Å². The van der Waals surface area contributed by atoms with E-state index in [1.165, 1.54) is 25.7 Å². The number of nitrogens with one attached hydrogen (secondary N) is 3. The van der Waals surface area contributed by atoms with E-state index in [0.717, 1.165) is 5.92 Å². The Hall–Kier alpha value is -0.120. The van der Waals surface area contributed by atoms with Gasteiger partial charge in [-0.05, 0) is 46.3 Å². The lowest BCUT2D eigenvalue weighted by Gasteiger charge is -2.42. The zero-order valence-electron chi connectivity index (χ0n) is 10.6. The first-order chi connectivity index (χ1) is 7.26.